The first-order chi connectivity index (χ1) is 7.88. The van der Waals surface area contributed by atoms with Gasteiger partial charge in [0, 0.05) is 24.8 Å². The molecule has 1 aliphatic rings. The van der Waals surface area contributed by atoms with Crippen molar-refractivity contribution in [1.29, 1.82) is 0 Å². The maximum atomic E-state index is 13.3. The Kier molecular flexibility index (Phi) is 2.99. The van der Waals surface area contributed by atoms with Crippen LogP contribution in [0.25, 0.3) is 0 Å². The fourth-order valence-corrected chi connectivity index (χ4v) is 1.95. The van der Waals surface area contributed by atoms with Gasteiger partial charge in [0.05, 0.1) is 5.56 Å². The van der Waals surface area contributed by atoms with Crippen LogP contribution in [-0.4, -0.2) is 19.1 Å². The van der Waals surface area contributed by atoms with Crippen molar-refractivity contribution >= 4 is 5.69 Å². The van der Waals surface area contributed by atoms with Gasteiger partial charge in [-0.2, -0.15) is 13.2 Å². The lowest BCUT2D eigenvalue weighted by Gasteiger charge is -2.19. The van der Waals surface area contributed by atoms with E-state index in [1.807, 2.05) is 0 Å². The maximum absolute atomic E-state index is 13.3. The second-order valence-electron chi connectivity index (χ2n) is 4.16. The summed E-state index contributed by atoms with van der Waals surface area (Å²) in [4.78, 5) is 1.79. The Morgan fingerprint density at radius 1 is 1.29 bits per heavy atom. The number of rotatable bonds is 1. The number of benzene rings is 1. The van der Waals surface area contributed by atoms with E-state index in [2.05, 4.69) is 0 Å². The SMILES string of the molecule is N[C@@H]1CCN(c2ccc(C(F)(F)F)c(F)c2)C1. The summed E-state index contributed by atoms with van der Waals surface area (Å²) in [6.45, 7) is 1.19. The van der Waals surface area contributed by atoms with Crippen molar-refractivity contribution in [2.45, 2.75) is 18.6 Å². The van der Waals surface area contributed by atoms with Gasteiger partial charge < -0.3 is 10.6 Å². The predicted molar refractivity (Wildman–Crippen MR) is 56.2 cm³/mol. The molecule has 0 unspecified atom stereocenters. The van der Waals surface area contributed by atoms with Gasteiger partial charge in [-0.15, -0.1) is 0 Å². The summed E-state index contributed by atoms with van der Waals surface area (Å²) < 4.78 is 50.4. The van der Waals surface area contributed by atoms with E-state index in [0.717, 1.165) is 18.6 Å². The molecule has 0 saturated carbocycles. The number of nitrogens with two attached hydrogens (primary N) is 1. The Labute approximate surface area is 96.0 Å². The van der Waals surface area contributed by atoms with Gasteiger partial charge in [0.25, 0.3) is 0 Å². The molecule has 17 heavy (non-hydrogen) atoms. The molecule has 2 nitrogen and oxygen atoms in total. The van der Waals surface area contributed by atoms with E-state index in [0.29, 0.717) is 18.8 Å². The Morgan fingerprint density at radius 3 is 2.47 bits per heavy atom. The molecule has 94 valence electrons. The fourth-order valence-electron chi connectivity index (χ4n) is 1.95. The molecule has 2 N–H and O–H groups in total. The van der Waals surface area contributed by atoms with Gasteiger partial charge in [-0.05, 0) is 24.6 Å². The molecule has 2 rings (SSSR count). The number of halogens is 4. The number of hydrogen-bond acceptors (Lipinski definition) is 2. The van der Waals surface area contributed by atoms with Crippen LogP contribution in [0.15, 0.2) is 18.2 Å². The molecule has 0 bridgehead atoms. The first-order valence-electron chi connectivity index (χ1n) is 5.25. The van der Waals surface area contributed by atoms with Crippen molar-refractivity contribution in [3.05, 3.63) is 29.6 Å². The van der Waals surface area contributed by atoms with Gasteiger partial charge in [-0.3, -0.25) is 0 Å². The molecule has 0 aromatic heterocycles. The van der Waals surface area contributed by atoms with Gasteiger partial charge in [0.2, 0.25) is 0 Å². The van der Waals surface area contributed by atoms with Gasteiger partial charge in [-0.1, -0.05) is 0 Å². The minimum Gasteiger partial charge on any atom is -0.370 e. The Hall–Kier alpha value is -1.30. The molecule has 1 aromatic carbocycles. The molecule has 1 aromatic rings. The third kappa shape index (κ3) is 2.52. The molecular formula is C11H12F4N2. The van der Waals surface area contributed by atoms with E-state index in [-0.39, 0.29) is 6.04 Å². The highest BCUT2D eigenvalue weighted by Gasteiger charge is 2.34. The molecule has 0 amide bonds. The second-order valence-corrected chi connectivity index (χ2v) is 4.16. The van der Waals surface area contributed by atoms with E-state index < -0.39 is 17.6 Å². The van der Waals surface area contributed by atoms with Crippen molar-refractivity contribution < 1.29 is 17.6 Å². The maximum Gasteiger partial charge on any atom is 0.419 e. The van der Waals surface area contributed by atoms with Crippen LogP contribution in [0.5, 0.6) is 0 Å². The zero-order valence-electron chi connectivity index (χ0n) is 8.97. The average molecular weight is 248 g/mol. The Bertz CT molecular complexity index is 416. The Morgan fingerprint density at radius 2 is 2.00 bits per heavy atom. The highest BCUT2D eigenvalue weighted by Crippen LogP contribution is 2.33. The zero-order valence-corrected chi connectivity index (χ0v) is 8.97. The molecule has 1 aliphatic heterocycles. The Balaban J connectivity index is 2.25. The van der Waals surface area contributed by atoms with Crippen LogP contribution in [0.1, 0.15) is 12.0 Å². The second kappa shape index (κ2) is 4.18. The summed E-state index contributed by atoms with van der Waals surface area (Å²) in [7, 11) is 0. The zero-order chi connectivity index (χ0) is 12.6. The molecule has 1 fully saturated rings. The van der Waals surface area contributed by atoms with Crippen LogP contribution in [0.2, 0.25) is 0 Å². The minimum atomic E-state index is -4.65. The first kappa shape index (κ1) is 12.2. The van der Waals surface area contributed by atoms with Crippen LogP contribution in [-0.2, 0) is 6.18 Å². The van der Waals surface area contributed by atoms with Gasteiger partial charge >= 0.3 is 6.18 Å². The van der Waals surface area contributed by atoms with E-state index >= 15 is 0 Å². The van der Waals surface area contributed by atoms with Crippen molar-refractivity contribution in [1.82, 2.24) is 0 Å². The van der Waals surface area contributed by atoms with E-state index in [1.54, 1.807) is 4.90 Å². The van der Waals surface area contributed by atoms with Crippen LogP contribution in [0.4, 0.5) is 23.2 Å². The molecule has 0 radical (unpaired) electrons. The highest BCUT2D eigenvalue weighted by molar-refractivity contribution is 5.49. The summed E-state index contributed by atoms with van der Waals surface area (Å²) >= 11 is 0. The standard InChI is InChI=1S/C11H12F4N2/c12-10-5-8(17-4-3-7(16)6-17)1-2-9(10)11(13,14)15/h1-2,5,7H,3-4,6,16H2/t7-/m1/s1. The van der Waals surface area contributed by atoms with Gasteiger partial charge in [0.15, 0.2) is 0 Å². The molecule has 6 heteroatoms. The predicted octanol–water partition coefficient (Wildman–Crippen LogP) is 2.38. The summed E-state index contributed by atoms with van der Waals surface area (Å²) in [5.74, 6) is -1.24. The summed E-state index contributed by atoms with van der Waals surface area (Å²) in [5, 5.41) is 0. The summed E-state index contributed by atoms with van der Waals surface area (Å²) in [6.07, 6.45) is -3.88. The minimum absolute atomic E-state index is 0.000328. The van der Waals surface area contributed by atoms with Crippen LogP contribution in [0.3, 0.4) is 0 Å². The van der Waals surface area contributed by atoms with Crippen molar-refractivity contribution in [3.8, 4) is 0 Å². The smallest absolute Gasteiger partial charge is 0.370 e. The largest absolute Gasteiger partial charge is 0.419 e. The normalized spacial score (nSPS) is 21.0. The summed E-state index contributed by atoms with van der Waals surface area (Å²) in [6, 6.07) is 2.97. The van der Waals surface area contributed by atoms with Crippen LogP contribution >= 0.6 is 0 Å². The molecule has 0 spiro atoms. The van der Waals surface area contributed by atoms with Crippen molar-refractivity contribution in [3.63, 3.8) is 0 Å². The van der Waals surface area contributed by atoms with E-state index in [4.69, 9.17) is 5.73 Å². The number of nitrogens with zero attached hydrogens (tertiary/aromatic N) is 1. The van der Waals surface area contributed by atoms with Crippen molar-refractivity contribution in [2.75, 3.05) is 18.0 Å². The lowest BCUT2D eigenvalue weighted by Crippen LogP contribution is -2.26. The quantitative estimate of drug-likeness (QED) is 0.773. The monoisotopic (exact) mass is 248 g/mol. The number of hydrogen-bond donors (Lipinski definition) is 1. The average Bonchev–Trinajstić information content (AvgIpc) is 2.62. The molecule has 1 atom stereocenters. The molecular weight excluding hydrogens is 236 g/mol. The lowest BCUT2D eigenvalue weighted by atomic mass is 10.1. The summed E-state index contributed by atoms with van der Waals surface area (Å²) in [5.41, 5.74) is 4.90. The first-order valence-corrected chi connectivity index (χ1v) is 5.25. The van der Waals surface area contributed by atoms with Crippen LogP contribution < -0.4 is 10.6 Å². The molecule has 1 saturated heterocycles. The van der Waals surface area contributed by atoms with Gasteiger partial charge in [0.1, 0.15) is 5.82 Å². The lowest BCUT2D eigenvalue weighted by molar-refractivity contribution is -0.139. The van der Waals surface area contributed by atoms with Gasteiger partial charge in [-0.25, -0.2) is 4.39 Å². The van der Waals surface area contributed by atoms with E-state index in [1.165, 1.54) is 6.07 Å². The topological polar surface area (TPSA) is 29.3 Å². The van der Waals surface area contributed by atoms with E-state index in [9.17, 15) is 17.6 Å². The fraction of sp³-hybridized carbons (Fsp3) is 0.455. The molecule has 0 aliphatic carbocycles. The molecule has 1 heterocycles. The van der Waals surface area contributed by atoms with Crippen molar-refractivity contribution in [2.24, 2.45) is 5.73 Å². The van der Waals surface area contributed by atoms with Crippen LogP contribution in [0, 0.1) is 5.82 Å². The third-order valence-corrected chi connectivity index (χ3v) is 2.85. The number of alkyl halides is 3. The third-order valence-electron chi connectivity index (χ3n) is 2.85. The number of anilines is 1. The highest BCUT2D eigenvalue weighted by atomic mass is 19.4.